The maximum Gasteiger partial charge on any atom is 0.240 e. The summed E-state index contributed by atoms with van der Waals surface area (Å²) in [7, 11) is 0. The molecule has 5 nitrogen and oxygen atoms in total. The van der Waals surface area contributed by atoms with E-state index < -0.39 is 11.9 Å². The Balaban J connectivity index is 1.65. The summed E-state index contributed by atoms with van der Waals surface area (Å²) in [5, 5.41) is 11.5. The summed E-state index contributed by atoms with van der Waals surface area (Å²) >= 11 is 0. The van der Waals surface area contributed by atoms with Gasteiger partial charge >= 0.3 is 0 Å². The first-order valence-electron chi connectivity index (χ1n) is 8.49. The van der Waals surface area contributed by atoms with E-state index in [1.807, 2.05) is 0 Å². The van der Waals surface area contributed by atoms with E-state index in [4.69, 9.17) is 11.0 Å². The highest BCUT2D eigenvalue weighted by Crippen LogP contribution is 2.60. The summed E-state index contributed by atoms with van der Waals surface area (Å²) in [5.74, 6) is 1.64. The van der Waals surface area contributed by atoms with Crippen LogP contribution in [0, 0.1) is 34.5 Å². The number of rotatable bonds is 6. The molecule has 4 bridgehead atoms. The van der Waals surface area contributed by atoms with Gasteiger partial charge in [0.05, 0.1) is 6.07 Å². The molecule has 0 unspecified atom stereocenters. The Kier molecular flexibility index (Phi) is 4.12. The van der Waals surface area contributed by atoms with E-state index in [0.717, 1.165) is 19.3 Å². The first-order chi connectivity index (χ1) is 10.5. The summed E-state index contributed by atoms with van der Waals surface area (Å²) in [6.45, 7) is 0. The van der Waals surface area contributed by atoms with Gasteiger partial charge in [0.1, 0.15) is 6.04 Å². The summed E-state index contributed by atoms with van der Waals surface area (Å²) in [6.07, 6.45) is 8.23. The minimum atomic E-state index is -0.631. The first-order valence-corrected chi connectivity index (χ1v) is 8.49. The van der Waals surface area contributed by atoms with E-state index in [9.17, 15) is 9.59 Å². The number of nitrogens with two attached hydrogens (primary N) is 1. The predicted molar refractivity (Wildman–Crippen MR) is 81.2 cm³/mol. The molecule has 0 radical (unpaired) electrons. The normalized spacial score (nSPS) is 36.6. The van der Waals surface area contributed by atoms with Crippen LogP contribution in [0.25, 0.3) is 0 Å². The molecule has 0 aliphatic heterocycles. The van der Waals surface area contributed by atoms with Crippen LogP contribution < -0.4 is 11.1 Å². The zero-order valence-electron chi connectivity index (χ0n) is 13.0. The number of carbonyl (C=O) groups is 2. The van der Waals surface area contributed by atoms with Crippen LogP contribution in [0.5, 0.6) is 0 Å². The van der Waals surface area contributed by atoms with Gasteiger partial charge in [0.25, 0.3) is 0 Å². The highest BCUT2D eigenvalue weighted by molar-refractivity contribution is 5.89. The highest BCUT2D eigenvalue weighted by Gasteiger charge is 2.54. The lowest BCUT2D eigenvalue weighted by Gasteiger charge is -2.55. The number of primary amides is 1. The maximum absolute atomic E-state index is 12.9. The Labute approximate surface area is 131 Å². The van der Waals surface area contributed by atoms with E-state index in [-0.39, 0.29) is 11.3 Å². The second-order valence-corrected chi connectivity index (χ2v) is 7.68. The largest absolute Gasteiger partial charge is 0.368 e. The van der Waals surface area contributed by atoms with Gasteiger partial charge in [0.15, 0.2) is 0 Å². The molecule has 4 saturated carbocycles. The lowest BCUT2D eigenvalue weighted by Crippen LogP contribution is -2.56. The number of carbonyl (C=O) groups excluding carboxylic acids is 2. The minimum absolute atomic E-state index is 0.0346. The molecule has 0 aromatic carbocycles. The van der Waals surface area contributed by atoms with Crippen molar-refractivity contribution in [2.24, 2.45) is 28.9 Å². The van der Waals surface area contributed by atoms with Crippen molar-refractivity contribution < 1.29 is 9.59 Å². The van der Waals surface area contributed by atoms with Gasteiger partial charge in [-0.1, -0.05) is 0 Å². The van der Waals surface area contributed by atoms with Crippen molar-refractivity contribution in [2.45, 2.75) is 63.8 Å². The van der Waals surface area contributed by atoms with Crippen LogP contribution in [0.15, 0.2) is 0 Å². The van der Waals surface area contributed by atoms with Crippen molar-refractivity contribution in [2.75, 3.05) is 0 Å². The summed E-state index contributed by atoms with van der Waals surface area (Å²) in [4.78, 5) is 24.4. The zero-order valence-corrected chi connectivity index (χ0v) is 13.0. The third kappa shape index (κ3) is 2.84. The molecule has 5 heteroatoms. The number of nitrogens with zero attached hydrogens (tertiary/aromatic N) is 1. The summed E-state index contributed by atoms with van der Waals surface area (Å²) in [6, 6.07) is 1.43. The molecule has 4 rings (SSSR count). The second-order valence-electron chi connectivity index (χ2n) is 7.68. The molecule has 4 fully saturated rings. The van der Waals surface area contributed by atoms with Gasteiger partial charge in [0, 0.05) is 11.8 Å². The molecule has 4 aliphatic carbocycles. The van der Waals surface area contributed by atoms with E-state index >= 15 is 0 Å². The number of hydrogen-bond donors (Lipinski definition) is 2. The van der Waals surface area contributed by atoms with E-state index in [1.165, 1.54) is 19.3 Å². The van der Waals surface area contributed by atoms with Crippen LogP contribution in [-0.4, -0.2) is 17.9 Å². The molecule has 4 aliphatic rings. The Hall–Kier alpha value is -1.57. The van der Waals surface area contributed by atoms with Gasteiger partial charge in [-0.3, -0.25) is 9.59 Å². The Morgan fingerprint density at radius 2 is 1.73 bits per heavy atom. The van der Waals surface area contributed by atoms with Crippen LogP contribution in [0.1, 0.15) is 57.8 Å². The fourth-order valence-electron chi connectivity index (χ4n) is 5.37. The van der Waals surface area contributed by atoms with Crippen molar-refractivity contribution in [3.05, 3.63) is 0 Å². The first kappa shape index (κ1) is 15.3. The summed E-state index contributed by atoms with van der Waals surface area (Å²) < 4.78 is 0. The van der Waals surface area contributed by atoms with Crippen molar-refractivity contribution in [3.8, 4) is 6.07 Å². The number of nitriles is 1. The van der Waals surface area contributed by atoms with Crippen molar-refractivity contribution >= 4 is 11.8 Å². The quantitative estimate of drug-likeness (QED) is 0.733. The topological polar surface area (TPSA) is 96.0 Å². The lowest BCUT2D eigenvalue weighted by molar-refractivity contribution is -0.148. The van der Waals surface area contributed by atoms with Gasteiger partial charge in [0.2, 0.25) is 11.8 Å². The molecule has 22 heavy (non-hydrogen) atoms. The van der Waals surface area contributed by atoms with Crippen LogP contribution in [0.2, 0.25) is 0 Å². The van der Waals surface area contributed by atoms with Crippen LogP contribution in [0.3, 0.4) is 0 Å². The highest BCUT2D eigenvalue weighted by atomic mass is 16.2. The molecule has 2 amide bonds. The van der Waals surface area contributed by atoms with Crippen molar-refractivity contribution in [1.29, 1.82) is 5.26 Å². The van der Waals surface area contributed by atoms with Crippen LogP contribution in [0.4, 0.5) is 0 Å². The van der Waals surface area contributed by atoms with Crippen molar-refractivity contribution in [1.82, 2.24) is 5.32 Å². The predicted octanol–water partition coefficient (Wildman–Crippen LogP) is 1.87. The molecule has 0 saturated heterocycles. The maximum atomic E-state index is 12.9. The van der Waals surface area contributed by atoms with E-state index in [1.54, 1.807) is 0 Å². The molecule has 0 spiro atoms. The molecular weight excluding hydrogens is 278 g/mol. The third-order valence-electron chi connectivity index (χ3n) is 5.95. The number of amides is 2. The Morgan fingerprint density at radius 3 is 2.18 bits per heavy atom. The SMILES string of the molecule is N#CCCC[C@H](NC(=O)C12CC3CC(CC(C3)C1)C2)C(N)=O. The second kappa shape index (κ2) is 5.91. The van der Waals surface area contributed by atoms with E-state index in [0.29, 0.717) is 37.0 Å². The van der Waals surface area contributed by atoms with Gasteiger partial charge in [-0.2, -0.15) is 5.26 Å². The van der Waals surface area contributed by atoms with Crippen LogP contribution >= 0.6 is 0 Å². The van der Waals surface area contributed by atoms with Gasteiger partial charge in [-0.15, -0.1) is 0 Å². The molecule has 0 aromatic rings. The zero-order chi connectivity index (χ0) is 15.7. The molecule has 1 atom stereocenters. The standard InChI is InChI=1S/C17H25N3O2/c18-4-2-1-3-14(15(19)21)20-16(22)17-8-11-5-12(9-17)7-13(6-11)10-17/h11-14H,1-3,5-10H2,(H2,19,21)(H,20,22)/t11?,12?,13?,14-,17?/m0/s1. The number of nitrogens with one attached hydrogen (secondary N) is 1. The van der Waals surface area contributed by atoms with Gasteiger partial charge < -0.3 is 11.1 Å². The molecule has 0 aromatic heterocycles. The number of hydrogen-bond acceptors (Lipinski definition) is 3. The van der Waals surface area contributed by atoms with E-state index in [2.05, 4.69) is 11.4 Å². The van der Waals surface area contributed by atoms with Gasteiger partial charge in [-0.25, -0.2) is 0 Å². The molecular formula is C17H25N3O2. The van der Waals surface area contributed by atoms with Gasteiger partial charge in [-0.05, 0) is 69.1 Å². The molecule has 0 heterocycles. The fraction of sp³-hybridized carbons (Fsp3) is 0.824. The fourth-order valence-corrected chi connectivity index (χ4v) is 5.37. The lowest BCUT2D eigenvalue weighted by atomic mass is 9.49. The average Bonchev–Trinajstić information content (AvgIpc) is 2.44. The number of unbranched alkanes of at least 4 members (excludes halogenated alkanes) is 1. The summed E-state index contributed by atoms with van der Waals surface area (Å²) in [5.41, 5.74) is 5.17. The van der Waals surface area contributed by atoms with Crippen LogP contribution in [-0.2, 0) is 9.59 Å². The average molecular weight is 303 g/mol. The minimum Gasteiger partial charge on any atom is -0.368 e. The Bertz CT molecular complexity index is 473. The molecule has 3 N–H and O–H groups in total. The smallest absolute Gasteiger partial charge is 0.240 e. The van der Waals surface area contributed by atoms with Crippen molar-refractivity contribution in [3.63, 3.8) is 0 Å². The molecule has 120 valence electrons. The third-order valence-corrected chi connectivity index (χ3v) is 5.95. The monoisotopic (exact) mass is 303 g/mol. The Morgan fingerprint density at radius 1 is 1.18 bits per heavy atom.